The fraction of sp³-hybridized carbons (Fsp3) is 0.923. The van der Waals surface area contributed by atoms with E-state index in [9.17, 15) is 4.79 Å². The smallest absolute Gasteiger partial charge is 0.303 e. The number of hydrogen-bond donors (Lipinski definition) is 1. The van der Waals surface area contributed by atoms with E-state index in [1.165, 1.54) is 25.9 Å². The second-order valence-corrected chi connectivity index (χ2v) is 5.18. The van der Waals surface area contributed by atoms with E-state index in [4.69, 9.17) is 5.11 Å². The van der Waals surface area contributed by atoms with Gasteiger partial charge in [-0.3, -0.25) is 9.69 Å². The van der Waals surface area contributed by atoms with E-state index in [-0.39, 0.29) is 6.42 Å². The highest BCUT2D eigenvalue weighted by Crippen LogP contribution is 2.08. The average Bonchev–Trinajstić information content (AvgIpc) is 2.74. The molecule has 0 radical (unpaired) electrons. The topological polar surface area (TPSA) is 43.8 Å². The normalized spacial score (nSPS) is 17.2. The van der Waals surface area contributed by atoms with Crippen molar-refractivity contribution >= 4 is 5.97 Å². The predicted octanol–water partition coefficient (Wildman–Crippen LogP) is 1.66. The van der Waals surface area contributed by atoms with Gasteiger partial charge in [0.2, 0.25) is 0 Å². The second-order valence-electron chi connectivity index (χ2n) is 5.18. The third kappa shape index (κ3) is 6.03. The van der Waals surface area contributed by atoms with Crippen molar-refractivity contribution in [2.45, 2.75) is 45.6 Å². The SMILES string of the molecule is CC(C)N(CCCC(=O)O)CCN1CCCC1. The number of nitrogens with zero attached hydrogens (tertiary/aromatic N) is 2. The summed E-state index contributed by atoms with van der Waals surface area (Å²) in [6, 6.07) is 0.506. The summed E-state index contributed by atoms with van der Waals surface area (Å²) in [5, 5.41) is 8.64. The number of carbonyl (C=O) groups is 1. The van der Waals surface area contributed by atoms with Crippen molar-refractivity contribution in [3.63, 3.8) is 0 Å². The van der Waals surface area contributed by atoms with Crippen LogP contribution in [0.1, 0.15) is 39.5 Å². The predicted molar refractivity (Wildman–Crippen MR) is 69.3 cm³/mol. The van der Waals surface area contributed by atoms with Crippen LogP contribution >= 0.6 is 0 Å². The number of likely N-dealkylation sites (tertiary alicyclic amines) is 1. The lowest BCUT2D eigenvalue weighted by molar-refractivity contribution is -0.137. The maximum Gasteiger partial charge on any atom is 0.303 e. The molecule has 4 heteroatoms. The summed E-state index contributed by atoms with van der Waals surface area (Å²) in [7, 11) is 0. The van der Waals surface area contributed by atoms with Gasteiger partial charge >= 0.3 is 5.97 Å². The van der Waals surface area contributed by atoms with Gasteiger partial charge in [-0.15, -0.1) is 0 Å². The summed E-state index contributed by atoms with van der Waals surface area (Å²) < 4.78 is 0. The van der Waals surface area contributed by atoms with Crippen molar-refractivity contribution in [3.05, 3.63) is 0 Å². The van der Waals surface area contributed by atoms with E-state index in [1.54, 1.807) is 0 Å². The molecule has 4 nitrogen and oxygen atoms in total. The molecule has 100 valence electrons. The Balaban J connectivity index is 2.19. The Morgan fingerprint density at radius 3 is 2.47 bits per heavy atom. The van der Waals surface area contributed by atoms with Crippen LogP contribution in [0.25, 0.3) is 0 Å². The maximum atomic E-state index is 10.5. The Hall–Kier alpha value is -0.610. The zero-order valence-corrected chi connectivity index (χ0v) is 11.2. The first-order valence-corrected chi connectivity index (χ1v) is 6.78. The molecule has 1 saturated heterocycles. The highest BCUT2D eigenvalue weighted by Gasteiger charge is 2.15. The van der Waals surface area contributed by atoms with Crippen molar-refractivity contribution in [2.75, 3.05) is 32.7 Å². The Kier molecular flexibility index (Phi) is 6.52. The van der Waals surface area contributed by atoms with Gasteiger partial charge in [0.1, 0.15) is 0 Å². The molecular formula is C13H26N2O2. The van der Waals surface area contributed by atoms with Crippen LogP contribution in [0.5, 0.6) is 0 Å². The number of carboxylic acid groups (broad SMARTS) is 1. The van der Waals surface area contributed by atoms with Crippen LogP contribution < -0.4 is 0 Å². The second kappa shape index (κ2) is 7.67. The zero-order valence-electron chi connectivity index (χ0n) is 11.2. The molecule has 0 bridgehead atoms. The van der Waals surface area contributed by atoms with Crippen LogP contribution in [0.4, 0.5) is 0 Å². The molecule has 17 heavy (non-hydrogen) atoms. The maximum absolute atomic E-state index is 10.5. The van der Waals surface area contributed by atoms with E-state index < -0.39 is 5.97 Å². The summed E-state index contributed by atoms with van der Waals surface area (Å²) in [6.45, 7) is 9.94. The summed E-state index contributed by atoms with van der Waals surface area (Å²) in [5.74, 6) is -0.687. The van der Waals surface area contributed by atoms with Gasteiger partial charge in [-0.05, 0) is 52.7 Å². The molecule has 0 aromatic heterocycles. The molecule has 0 spiro atoms. The van der Waals surface area contributed by atoms with E-state index >= 15 is 0 Å². The number of carboxylic acids is 1. The number of hydrogen-bond acceptors (Lipinski definition) is 3. The Morgan fingerprint density at radius 2 is 1.94 bits per heavy atom. The summed E-state index contributed by atoms with van der Waals surface area (Å²) in [4.78, 5) is 15.4. The Labute approximate surface area is 105 Å². The first kappa shape index (κ1) is 14.5. The molecule has 0 aromatic rings. The summed E-state index contributed by atoms with van der Waals surface area (Å²) in [6.07, 6.45) is 3.71. The number of aliphatic carboxylic acids is 1. The lowest BCUT2D eigenvalue weighted by atomic mass is 10.2. The highest BCUT2D eigenvalue weighted by molar-refractivity contribution is 5.66. The van der Waals surface area contributed by atoms with Crippen LogP contribution in [-0.4, -0.2) is 59.6 Å². The Morgan fingerprint density at radius 1 is 1.29 bits per heavy atom. The molecule has 1 fully saturated rings. The molecule has 1 N–H and O–H groups in total. The molecule has 0 aromatic carbocycles. The van der Waals surface area contributed by atoms with Crippen molar-refractivity contribution in [1.82, 2.24) is 9.80 Å². The molecule has 0 unspecified atom stereocenters. The monoisotopic (exact) mass is 242 g/mol. The number of rotatable bonds is 8. The van der Waals surface area contributed by atoms with Gasteiger partial charge in [0, 0.05) is 25.6 Å². The van der Waals surface area contributed by atoms with Crippen molar-refractivity contribution in [3.8, 4) is 0 Å². The van der Waals surface area contributed by atoms with Crippen molar-refractivity contribution in [2.24, 2.45) is 0 Å². The standard InChI is InChI=1S/C13H26N2O2/c1-12(2)15(9-5-6-13(16)17)11-10-14-7-3-4-8-14/h12H,3-11H2,1-2H3,(H,16,17). The quantitative estimate of drug-likeness (QED) is 0.703. The van der Waals surface area contributed by atoms with Gasteiger partial charge in [-0.1, -0.05) is 0 Å². The van der Waals surface area contributed by atoms with Gasteiger partial charge in [0.25, 0.3) is 0 Å². The third-order valence-electron chi connectivity index (χ3n) is 3.47. The Bertz CT molecular complexity index is 225. The van der Waals surface area contributed by atoms with Crippen molar-refractivity contribution in [1.29, 1.82) is 0 Å². The minimum absolute atomic E-state index is 0.285. The van der Waals surface area contributed by atoms with Crippen LogP contribution in [-0.2, 0) is 4.79 Å². The van der Waals surface area contributed by atoms with Gasteiger partial charge in [-0.25, -0.2) is 0 Å². The first-order valence-electron chi connectivity index (χ1n) is 6.78. The van der Waals surface area contributed by atoms with Crippen LogP contribution in [0.3, 0.4) is 0 Å². The van der Waals surface area contributed by atoms with Gasteiger partial charge in [0.05, 0.1) is 0 Å². The summed E-state index contributed by atoms with van der Waals surface area (Å²) in [5.41, 5.74) is 0. The molecule has 1 aliphatic rings. The first-order chi connectivity index (χ1) is 8.09. The lowest BCUT2D eigenvalue weighted by Crippen LogP contribution is -2.38. The lowest BCUT2D eigenvalue weighted by Gasteiger charge is -2.28. The molecule has 0 saturated carbocycles. The van der Waals surface area contributed by atoms with Gasteiger partial charge < -0.3 is 10.0 Å². The fourth-order valence-electron chi connectivity index (χ4n) is 2.34. The third-order valence-corrected chi connectivity index (χ3v) is 3.47. The van der Waals surface area contributed by atoms with Crippen molar-refractivity contribution < 1.29 is 9.90 Å². The molecular weight excluding hydrogens is 216 g/mol. The molecule has 0 atom stereocenters. The molecule has 1 aliphatic heterocycles. The average molecular weight is 242 g/mol. The molecule has 1 rings (SSSR count). The fourth-order valence-corrected chi connectivity index (χ4v) is 2.34. The van der Waals surface area contributed by atoms with E-state index in [0.717, 1.165) is 26.1 Å². The van der Waals surface area contributed by atoms with Crippen LogP contribution in [0, 0.1) is 0 Å². The van der Waals surface area contributed by atoms with Crippen LogP contribution in [0.15, 0.2) is 0 Å². The molecule has 1 heterocycles. The van der Waals surface area contributed by atoms with E-state index in [0.29, 0.717) is 6.04 Å². The van der Waals surface area contributed by atoms with Gasteiger partial charge in [-0.2, -0.15) is 0 Å². The van der Waals surface area contributed by atoms with Gasteiger partial charge in [0.15, 0.2) is 0 Å². The highest BCUT2D eigenvalue weighted by atomic mass is 16.4. The van der Waals surface area contributed by atoms with E-state index in [2.05, 4.69) is 23.6 Å². The summed E-state index contributed by atoms with van der Waals surface area (Å²) >= 11 is 0. The minimum Gasteiger partial charge on any atom is -0.481 e. The largest absolute Gasteiger partial charge is 0.481 e. The molecule has 0 amide bonds. The van der Waals surface area contributed by atoms with Crippen LogP contribution in [0.2, 0.25) is 0 Å². The minimum atomic E-state index is -0.687. The molecule has 0 aliphatic carbocycles. The van der Waals surface area contributed by atoms with E-state index in [1.807, 2.05) is 0 Å². The zero-order chi connectivity index (χ0) is 12.7.